The highest BCUT2D eigenvalue weighted by Crippen LogP contribution is 2.29. The van der Waals surface area contributed by atoms with E-state index in [1.54, 1.807) is 13.2 Å². The van der Waals surface area contributed by atoms with E-state index in [2.05, 4.69) is 37.9 Å². The smallest absolute Gasteiger partial charge is 0.328 e. The number of piperidine rings is 1. The largest absolute Gasteiger partial charge is 0.497 e. The van der Waals surface area contributed by atoms with Gasteiger partial charge in [-0.25, -0.2) is 4.79 Å². The van der Waals surface area contributed by atoms with E-state index in [1.165, 1.54) is 16.6 Å². The average Bonchev–Trinajstić information content (AvgIpc) is 2.77. The van der Waals surface area contributed by atoms with Crippen molar-refractivity contribution in [3.63, 3.8) is 0 Å². The molecule has 0 amide bonds. The first kappa shape index (κ1) is 22.3. The standard InChI is InChI=1S/C24H32BrN3O3/c1-31-21-7-8-22(25)18(14-21)13-17-9-11-27(12-10-17)16-19-15-23(29)28(24(30)26-19)20-5-3-2-4-6-20/h7-8,14-15,17,20H,2-6,9-13,16H2,1H3,(H,26,30). The summed E-state index contributed by atoms with van der Waals surface area (Å²) in [6.07, 6.45) is 8.49. The van der Waals surface area contributed by atoms with Gasteiger partial charge >= 0.3 is 5.69 Å². The van der Waals surface area contributed by atoms with Crippen molar-refractivity contribution in [2.45, 2.75) is 64.0 Å². The molecule has 1 aliphatic heterocycles. The molecule has 7 heteroatoms. The van der Waals surface area contributed by atoms with Gasteiger partial charge in [-0.15, -0.1) is 0 Å². The summed E-state index contributed by atoms with van der Waals surface area (Å²) >= 11 is 3.66. The van der Waals surface area contributed by atoms with Gasteiger partial charge in [0.2, 0.25) is 0 Å². The van der Waals surface area contributed by atoms with Gasteiger partial charge in [0.1, 0.15) is 5.75 Å². The third-order valence-electron chi connectivity index (χ3n) is 6.82. The quantitative estimate of drug-likeness (QED) is 0.657. The van der Waals surface area contributed by atoms with E-state index in [0.29, 0.717) is 12.5 Å². The topological polar surface area (TPSA) is 67.3 Å². The minimum absolute atomic E-state index is 0.0609. The Bertz CT molecular complexity index is 971. The van der Waals surface area contributed by atoms with Gasteiger partial charge in [-0.2, -0.15) is 0 Å². The fourth-order valence-electron chi connectivity index (χ4n) is 5.06. The summed E-state index contributed by atoms with van der Waals surface area (Å²) in [5.41, 5.74) is 1.63. The maximum atomic E-state index is 12.7. The van der Waals surface area contributed by atoms with Crippen LogP contribution < -0.4 is 16.0 Å². The van der Waals surface area contributed by atoms with Crippen molar-refractivity contribution in [3.05, 3.63) is 60.8 Å². The number of hydrogen-bond donors (Lipinski definition) is 1. The fourth-order valence-corrected chi connectivity index (χ4v) is 5.47. The lowest BCUT2D eigenvalue weighted by Crippen LogP contribution is -2.40. The van der Waals surface area contributed by atoms with E-state index in [4.69, 9.17) is 4.74 Å². The van der Waals surface area contributed by atoms with Gasteiger partial charge in [-0.05, 0) is 74.9 Å². The second-order valence-electron chi connectivity index (χ2n) is 8.98. The molecular weight excluding hydrogens is 458 g/mol. The monoisotopic (exact) mass is 489 g/mol. The minimum Gasteiger partial charge on any atom is -0.497 e. The summed E-state index contributed by atoms with van der Waals surface area (Å²) in [4.78, 5) is 30.6. The van der Waals surface area contributed by atoms with Gasteiger partial charge in [0.15, 0.2) is 0 Å². The molecule has 6 nitrogen and oxygen atoms in total. The van der Waals surface area contributed by atoms with Crippen LogP contribution >= 0.6 is 15.9 Å². The zero-order valence-electron chi connectivity index (χ0n) is 18.2. The zero-order valence-corrected chi connectivity index (χ0v) is 19.8. The molecular formula is C24H32BrN3O3. The second kappa shape index (κ2) is 10.2. The highest BCUT2D eigenvalue weighted by atomic mass is 79.9. The number of nitrogens with one attached hydrogen (secondary N) is 1. The number of likely N-dealkylation sites (tertiary alicyclic amines) is 1. The summed E-state index contributed by atoms with van der Waals surface area (Å²) in [7, 11) is 1.70. The third kappa shape index (κ3) is 5.50. The number of halogens is 1. The number of aromatic amines is 1. The van der Waals surface area contributed by atoms with Crippen molar-refractivity contribution < 1.29 is 4.74 Å². The first-order chi connectivity index (χ1) is 15.0. The summed E-state index contributed by atoms with van der Waals surface area (Å²) in [6, 6.07) is 7.83. The van der Waals surface area contributed by atoms with E-state index >= 15 is 0 Å². The Balaban J connectivity index is 1.35. The summed E-state index contributed by atoms with van der Waals surface area (Å²) in [5, 5.41) is 0. The molecule has 2 aliphatic rings. The Hall–Kier alpha value is -1.86. The first-order valence-corrected chi connectivity index (χ1v) is 12.2. The molecule has 2 fully saturated rings. The number of benzene rings is 1. The number of ether oxygens (including phenoxy) is 1. The molecule has 31 heavy (non-hydrogen) atoms. The highest BCUT2D eigenvalue weighted by Gasteiger charge is 2.22. The van der Waals surface area contributed by atoms with Crippen LogP contribution in [0.5, 0.6) is 5.75 Å². The van der Waals surface area contributed by atoms with Gasteiger partial charge in [0, 0.05) is 28.8 Å². The van der Waals surface area contributed by atoms with Crippen LogP contribution in [0.1, 0.15) is 62.2 Å². The molecule has 1 N–H and O–H groups in total. The van der Waals surface area contributed by atoms with E-state index in [0.717, 1.165) is 74.0 Å². The molecule has 0 radical (unpaired) electrons. The van der Waals surface area contributed by atoms with Crippen LogP contribution in [0, 0.1) is 5.92 Å². The predicted octanol–water partition coefficient (Wildman–Crippen LogP) is 4.27. The Labute approximate surface area is 191 Å². The molecule has 0 unspecified atom stereocenters. The predicted molar refractivity (Wildman–Crippen MR) is 126 cm³/mol. The van der Waals surface area contributed by atoms with Crippen molar-refractivity contribution in [2.24, 2.45) is 5.92 Å². The van der Waals surface area contributed by atoms with Crippen LogP contribution in [0.25, 0.3) is 0 Å². The summed E-state index contributed by atoms with van der Waals surface area (Å²) in [6.45, 7) is 2.57. The highest BCUT2D eigenvalue weighted by molar-refractivity contribution is 9.10. The lowest BCUT2D eigenvalue weighted by atomic mass is 9.90. The lowest BCUT2D eigenvalue weighted by molar-refractivity contribution is 0.174. The van der Waals surface area contributed by atoms with Crippen LogP contribution in [0.4, 0.5) is 0 Å². The van der Waals surface area contributed by atoms with Gasteiger partial charge < -0.3 is 9.72 Å². The van der Waals surface area contributed by atoms with Crippen molar-refractivity contribution in [1.29, 1.82) is 0 Å². The number of nitrogens with zero attached hydrogens (tertiary/aromatic N) is 2. The molecule has 1 saturated carbocycles. The first-order valence-electron chi connectivity index (χ1n) is 11.4. The number of methoxy groups -OCH3 is 1. The van der Waals surface area contributed by atoms with Crippen LogP contribution in [0.15, 0.2) is 38.3 Å². The SMILES string of the molecule is COc1ccc(Br)c(CC2CCN(Cc3cc(=O)n(C4CCCCC4)c(=O)[nH]3)CC2)c1. The Morgan fingerprint density at radius 1 is 1.06 bits per heavy atom. The van der Waals surface area contributed by atoms with E-state index in [-0.39, 0.29) is 17.3 Å². The number of hydrogen-bond acceptors (Lipinski definition) is 4. The Morgan fingerprint density at radius 3 is 2.48 bits per heavy atom. The maximum Gasteiger partial charge on any atom is 0.328 e. The van der Waals surface area contributed by atoms with E-state index < -0.39 is 0 Å². The molecule has 1 aromatic heterocycles. The average molecular weight is 490 g/mol. The van der Waals surface area contributed by atoms with Crippen molar-refractivity contribution in [3.8, 4) is 5.75 Å². The van der Waals surface area contributed by atoms with Crippen LogP contribution in [0.3, 0.4) is 0 Å². The maximum absolute atomic E-state index is 12.7. The van der Waals surface area contributed by atoms with Crippen molar-refractivity contribution in [2.75, 3.05) is 20.2 Å². The minimum atomic E-state index is -0.243. The molecule has 1 aromatic carbocycles. The molecule has 2 heterocycles. The molecule has 1 aliphatic carbocycles. The van der Waals surface area contributed by atoms with E-state index in [9.17, 15) is 9.59 Å². The van der Waals surface area contributed by atoms with Gasteiger partial charge in [0.25, 0.3) is 5.56 Å². The zero-order chi connectivity index (χ0) is 21.8. The Morgan fingerprint density at radius 2 is 1.81 bits per heavy atom. The molecule has 1 saturated heterocycles. The van der Waals surface area contributed by atoms with Gasteiger partial charge in [-0.1, -0.05) is 35.2 Å². The lowest BCUT2D eigenvalue weighted by Gasteiger charge is -2.32. The molecule has 4 rings (SSSR count). The van der Waals surface area contributed by atoms with Gasteiger partial charge in [-0.3, -0.25) is 14.3 Å². The van der Waals surface area contributed by atoms with Crippen molar-refractivity contribution >= 4 is 15.9 Å². The van der Waals surface area contributed by atoms with Crippen LogP contribution in [-0.2, 0) is 13.0 Å². The van der Waals surface area contributed by atoms with Crippen LogP contribution in [-0.4, -0.2) is 34.7 Å². The number of rotatable bonds is 6. The summed E-state index contributed by atoms with van der Waals surface area (Å²) in [5.74, 6) is 1.51. The molecule has 0 spiro atoms. The van der Waals surface area contributed by atoms with E-state index in [1.807, 2.05) is 6.07 Å². The third-order valence-corrected chi connectivity index (χ3v) is 7.60. The number of aromatic nitrogens is 2. The van der Waals surface area contributed by atoms with Crippen LogP contribution in [0.2, 0.25) is 0 Å². The number of H-pyrrole nitrogens is 1. The Kier molecular flexibility index (Phi) is 7.33. The summed E-state index contributed by atoms with van der Waals surface area (Å²) < 4.78 is 7.94. The normalized spacial score (nSPS) is 18.9. The second-order valence-corrected chi connectivity index (χ2v) is 9.84. The fraction of sp³-hybridized carbons (Fsp3) is 0.583. The molecule has 0 bridgehead atoms. The molecule has 168 valence electrons. The molecule has 0 atom stereocenters. The van der Waals surface area contributed by atoms with Crippen molar-refractivity contribution in [1.82, 2.24) is 14.5 Å². The molecule has 2 aromatic rings. The van der Waals surface area contributed by atoms with Gasteiger partial charge in [0.05, 0.1) is 7.11 Å².